The molecule has 0 aromatic heterocycles. The van der Waals surface area contributed by atoms with Crippen LogP contribution in [-0.4, -0.2) is 43.0 Å². The minimum Gasteiger partial charge on any atom is -0.350 e. The quantitative estimate of drug-likeness (QED) is 0.824. The van der Waals surface area contributed by atoms with Gasteiger partial charge in [0.1, 0.15) is 0 Å². The number of hydrogen-bond donors (Lipinski definition) is 1. The van der Waals surface area contributed by atoms with Crippen LogP contribution < -0.4 is 5.32 Å². The first-order valence-electron chi connectivity index (χ1n) is 8.48. The number of carbonyl (C=O) groups is 1. The lowest BCUT2D eigenvalue weighted by Gasteiger charge is -2.25. The summed E-state index contributed by atoms with van der Waals surface area (Å²) in [5.74, 6) is 2.41. The molecule has 0 spiro atoms. The fourth-order valence-electron chi connectivity index (χ4n) is 2.91. The van der Waals surface area contributed by atoms with Gasteiger partial charge in [0.2, 0.25) is 0 Å². The van der Waals surface area contributed by atoms with Crippen LogP contribution in [0.25, 0.3) is 0 Å². The van der Waals surface area contributed by atoms with Gasteiger partial charge < -0.3 is 10.2 Å². The van der Waals surface area contributed by atoms with Crippen molar-refractivity contribution in [2.75, 3.05) is 32.1 Å². The van der Waals surface area contributed by atoms with Crippen LogP contribution in [0.4, 0.5) is 0 Å². The van der Waals surface area contributed by atoms with Gasteiger partial charge in [-0.1, -0.05) is 42.5 Å². The van der Waals surface area contributed by atoms with E-state index >= 15 is 0 Å². The number of carbonyl (C=O) groups excluding carboxylic acids is 1. The van der Waals surface area contributed by atoms with Crippen molar-refractivity contribution < 1.29 is 4.79 Å². The minimum atomic E-state index is -0.0129. The maximum atomic E-state index is 12.5. The summed E-state index contributed by atoms with van der Waals surface area (Å²) in [5.41, 5.74) is 3.24. The zero-order valence-corrected chi connectivity index (χ0v) is 16.3. The summed E-state index contributed by atoms with van der Waals surface area (Å²) in [6, 6.07) is 18.5. The highest BCUT2D eigenvalue weighted by Crippen LogP contribution is 2.45. The molecule has 3 rings (SSSR count). The molecule has 0 saturated carbocycles. The van der Waals surface area contributed by atoms with Crippen LogP contribution in [0.1, 0.15) is 32.1 Å². The van der Waals surface area contributed by atoms with Crippen molar-refractivity contribution in [3.05, 3.63) is 71.3 Å². The maximum absolute atomic E-state index is 12.5. The summed E-state index contributed by atoms with van der Waals surface area (Å²) in [7, 11) is 4.07. The van der Waals surface area contributed by atoms with Crippen molar-refractivity contribution in [2.45, 2.75) is 10.6 Å². The Morgan fingerprint density at radius 1 is 1.08 bits per heavy atom. The van der Waals surface area contributed by atoms with Crippen LogP contribution in [0, 0.1) is 0 Å². The lowest BCUT2D eigenvalue weighted by molar-refractivity contribution is 0.0942. The molecule has 0 bridgehead atoms. The van der Waals surface area contributed by atoms with Crippen LogP contribution in [0.2, 0.25) is 0 Å². The lowest BCUT2D eigenvalue weighted by Crippen LogP contribution is -2.34. The molecule has 2 aromatic carbocycles. The number of rotatable bonds is 6. The van der Waals surface area contributed by atoms with E-state index in [4.69, 9.17) is 0 Å². The van der Waals surface area contributed by atoms with E-state index in [0.717, 1.165) is 5.56 Å². The zero-order valence-electron chi connectivity index (χ0n) is 14.6. The molecule has 1 amide bonds. The van der Waals surface area contributed by atoms with Gasteiger partial charge in [0.05, 0.1) is 10.6 Å². The van der Waals surface area contributed by atoms with Gasteiger partial charge >= 0.3 is 0 Å². The molecule has 3 nitrogen and oxygen atoms in total. The molecular weight excluding hydrogens is 348 g/mol. The van der Waals surface area contributed by atoms with Crippen molar-refractivity contribution in [2.24, 2.45) is 0 Å². The third kappa shape index (κ3) is 4.81. The number of benzene rings is 2. The molecule has 1 atom stereocenters. The summed E-state index contributed by atoms with van der Waals surface area (Å²) in [6.07, 6.45) is 0. The molecule has 0 unspecified atom stereocenters. The fourth-order valence-corrected chi connectivity index (χ4v) is 5.77. The SMILES string of the molecule is CN(C)[C@H](CNC(=O)c1ccc(C2SCCS2)cc1)c1ccccc1. The first-order chi connectivity index (χ1) is 12.1. The minimum absolute atomic E-state index is 0.0129. The van der Waals surface area contributed by atoms with Crippen molar-refractivity contribution >= 4 is 29.4 Å². The first kappa shape index (κ1) is 18.4. The smallest absolute Gasteiger partial charge is 0.251 e. The molecule has 25 heavy (non-hydrogen) atoms. The highest BCUT2D eigenvalue weighted by Gasteiger charge is 2.19. The third-order valence-corrected chi connectivity index (χ3v) is 7.43. The Kier molecular flexibility index (Phi) is 6.45. The normalized spacial score (nSPS) is 16.1. The van der Waals surface area contributed by atoms with Crippen LogP contribution in [0.5, 0.6) is 0 Å². The van der Waals surface area contributed by atoms with Gasteiger partial charge in [-0.05, 0) is 37.4 Å². The standard InChI is InChI=1S/C20H24N2OS2/c1-22(2)18(15-6-4-3-5-7-15)14-21-19(23)16-8-10-17(11-9-16)20-24-12-13-25-20/h3-11,18,20H,12-14H2,1-2H3,(H,21,23)/t18-/m1/s1. The highest BCUT2D eigenvalue weighted by molar-refractivity contribution is 8.19. The molecule has 132 valence electrons. The van der Waals surface area contributed by atoms with E-state index in [-0.39, 0.29) is 11.9 Å². The lowest BCUT2D eigenvalue weighted by atomic mass is 10.1. The Bertz CT molecular complexity index is 683. The predicted octanol–water partition coefficient (Wildman–Crippen LogP) is 4.20. The maximum Gasteiger partial charge on any atom is 0.251 e. The van der Waals surface area contributed by atoms with Gasteiger partial charge in [-0.25, -0.2) is 0 Å². The molecule has 0 aliphatic carbocycles. The number of thioether (sulfide) groups is 2. The summed E-state index contributed by atoms with van der Waals surface area (Å²) in [6.45, 7) is 0.589. The molecule has 0 radical (unpaired) electrons. The van der Waals surface area contributed by atoms with E-state index < -0.39 is 0 Å². The average molecular weight is 373 g/mol. The number of nitrogens with one attached hydrogen (secondary N) is 1. The average Bonchev–Trinajstić information content (AvgIpc) is 3.17. The van der Waals surface area contributed by atoms with Gasteiger partial charge in [-0.15, -0.1) is 23.5 Å². The Labute approximate surface area is 158 Å². The summed E-state index contributed by atoms with van der Waals surface area (Å²) in [4.78, 5) is 14.6. The van der Waals surface area contributed by atoms with E-state index in [9.17, 15) is 4.79 Å². The van der Waals surface area contributed by atoms with Crippen LogP contribution in [0.15, 0.2) is 54.6 Å². The van der Waals surface area contributed by atoms with Crippen LogP contribution >= 0.6 is 23.5 Å². The van der Waals surface area contributed by atoms with E-state index in [1.807, 2.05) is 68.0 Å². The third-order valence-electron chi connectivity index (χ3n) is 4.33. The molecule has 5 heteroatoms. The zero-order chi connectivity index (χ0) is 17.6. The number of amides is 1. The van der Waals surface area contributed by atoms with E-state index in [1.54, 1.807) is 0 Å². The number of likely N-dealkylation sites (N-methyl/N-ethyl adjacent to an activating group) is 1. The molecule has 1 aliphatic heterocycles. The monoisotopic (exact) mass is 372 g/mol. The van der Waals surface area contributed by atoms with Crippen molar-refractivity contribution in [3.8, 4) is 0 Å². The Balaban J connectivity index is 1.61. The number of hydrogen-bond acceptors (Lipinski definition) is 4. The molecular formula is C20H24N2OS2. The molecule has 1 aliphatic rings. The van der Waals surface area contributed by atoms with Gasteiger partial charge in [0.15, 0.2) is 0 Å². The number of nitrogens with zero attached hydrogens (tertiary/aromatic N) is 1. The van der Waals surface area contributed by atoms with Crippen molar-refractivity contribution in [3.63, 3.8) is 0 Å². The topological polar surface area (TPSA) is 32.3 Å². The largest absolute Gasteiger partial charge is 0.350 e. The Morgan fingerprint density at radius 3 is 2.32 bits per heavy atom. The summed E-state index contributed by atoms with van der Waals surface area (Å²) < 4.78 is 0.522. The van der Waals surface area contributed by atoms with Gasteiger partial charge in [-0.3, -0.25) is 4.79 Å². The second-order valence-electron chi connectivity index (χ2n) is 6.30. The highest BCUT2D eigenvalue weighted by atomic mass is 32.2. The Hall–Kier alpha value is -1.43. The first-order valence-corrected chi connectivity index (χ1v) is 10.6. The molecule has 1 N–H and O–H groups in total. The second-order valence-corrected chi connectivity index (χ2v) is 9.02. The Morgan fingerprint density at radius 2 is 1.72 bits per heavy atom. The van der Waals surface area contributed by atoms with Crippen LogP contribution in [-0.2, 0) is 0 Å². The van der Waals surface area contributed by atoms with Gasteiger partial charge in [0.25, 0.3) is 5.91 Å². The van der Waals surface area contributed by atoms with Crippen molar-refractivity contribution in [1.29, 1.82) is 0 Å². The summed E-state index contributed by atoms with van der Waals surface area (Å²) in [5, 5.41) is 3.08. The summed E-state index contributed by atoms with van der Waals surface area (Å²) >= 11 is 3.96. The molecule has 1 fully saturated rings. The van der Waals surface area contributed by atoms with E-state index in [2.05, 4.69) is 34.5 Å². The van der Waals surface area contributed by atoms with Gasteiger partial charge in [0, 0.05) is 23.6 Å². The van der Waals surface area contributed by atoms with Crippen LogP contribution in [0.3, 0.4) is 0 Å². The predicted molar refractivity (Wildman–Crippen MR) is 109 cm³/mol. The molecule has 1 heterocycles. The van der Waals surface area contributed by atoms with Gasteiger partial charge in [-0.2, -0.15) is 0 Å². The second kappa shape index (κ2) is 8.79. The fraction of sp³-hybridized carbons (Fsp3) is 0.350. The van der Waals surface area contributed by atoms with E-state index in [1.165, 1.54) is 22.6 Å². The van der Waals surface area contributed by atoms with Crippen molar-refractivity contribution in [1.82, 2.24) is 10.2 Å². The molecule has 1 saturated heterocycles. The van der Waals surface area contributed by atoms with E-state index in [0.29, 0.717) is 11.1 Å². The molecule has 2 aromatic rings.